The normalized spacial score (nSPS) is 7.76. The van der Waals surface area contributed by atoms with Crippen molar-refractivity contribution in [2.75, 3.05) is 26.4 Å². The second-order valence-electron chi connectivity index (χ2n) is 2.29. The lowest BCUT2D eigenvalue weighted by Gasteiger charge is -1.89. The molecule has 0 spiro atoms. The van der Waals surface area contributed by atoms with Crippen LogP contribution < -0.4 is 11.5 Å². The fourth-order valence-electron chi connectivity index (χ4n) is 0.489. The molecule has 0 atom stereocenters. The smallest absolute Gasteiger partial charge is 0.404 e. The average molecular weight is 252 g/mol. The first kappa shape index (κ1) is 20.9. The van der Waals surface area contributed by atoms with E-state index in [1.165, 1.54) is 0 Å². The van der Waals surface area contributed by atoms with Gasteiger partial charge in [0.25, 0.3) is 0 Å². The molecular weight excluding hydrogens is 228 g/mol. The Hall–Kier alpha value is -1.50. The zero-order valence-electron chi connectivity index (χ0n) is 11.0. The SMILES string of the molecule is CCOC(N)=O.CCOC(N)=O.CCOCC. The number of nitrogens with two attached hydrogens (primary N) is 2. The zero-order valence-corrected chi connectivity index (χ0v) is 11.0. The number of carbonyl (C=O) groups is 2. The minimum absolute atomic E-state index is 0.356. The summed E-state index contributed by atoms with van der Waals surface area (Å²) in [6.45, 7) is 9.78. The molecule has 0 heterocycles. The molecular formula is C10H24N2O5. The van der Waals surface area contributed by atoms with Crippen LogP contribution in [0.1, 0.15) is 27.7 Å². The zero-order chi connectivity index (χ0) is 14.1. The monoisotopic (exact) mass is 252 g/mol. The number of rotatable bonds is 4. The van der Waals surface area contributed by atoms with E-state index in [0.717, 1.165) is 13.2 Å². The van der Waals surface area contributed by atoms with Crippen LogP contribution in [0.25, 0.3) is 0 Å². The lowest BCUT2D eigenvalue weighted by molar-refractivity contribution is 0.162. The fraction of sp³-hybridized carbons (Fsp3) is 0.800. The molecule has 104 valence electrons. The second-order valence-corrected chi connectivity index (χ2v) is 2.29. The van der Waals surface area contributed by atoms with Gasteiger partial charge in [0, 0.05) is 13.2 Å². The van der Waals surface area contributed by atoms with Crippen molar-refractivity contribution in [1.29, 1.82) is 0 Å². The van der Waals surface area contributed by atoms with Crippen LogP contribution in [0, 0.1) is 0 Å². The fourth-order valence-corrected chi connectivity index (χ4v) is 0.489. The number of primary amides is 2. The molecule has 7 nitrogen and oxygen atoms in total. The summed E-state index contributed by atoms with van der Waals surface area (Å²) in [7, 11) is 0. The molecule has 0 fully saturated rings. The molecule has 0 rings (SSSR count). The van der Waals surface area contributed by atoms with Gasteiger partial charge in [-0.25, -0.2) is 9.59 Å². The van der Waals surface area contributed by atoms with E-state index in [1.807, 2.05) is 13.8 Å². The first-order valence-electron chi connectivity index (χ1n) is 5.38. The third-order valence-electron chi connectivity index (χ3n) is 0.981. The highest BCUT2D eigenvalue weighted by atomic mass is 16.5. The van der Waals surface area contributed by atoms with Crippen molar-refractivity contribution in [3.63, 3.8) is 0 Å². The first-order valence-corrected chi connectivity index (χ1v) is 5.38. The van der Waals surface area contributed by atoms with E-state index < -0.39 is 12.2 Å². The minimum Gasteiger partial charge on any atom is -0.450 e. The molecule has 0 aromatic rings. The maximum atomic E-state index is 9.60. The third kappa shape index (κ3) is 53.6. The molecule has 0 radical (unpaired) electrons. The van der Waals surface area contributed by atoms with Gasteiger partial charge >= 0.3 is 12.2 Å². The van der Waals surface area contributed by atoms with Crippen LogP contribution in [0.15, 0.2) is 0 Å². The van der Waals surface area contributed by atoms with Crippen molar-refractivity contribution >= 4 is 12.2 Å². The summed E-state index contributed by atoms with van der Waals surface area (Å²) in [6, 6.07) is 0. The summed E-state index contributed by atoms with van der Waals surface area (Å²) >= 11 is 0. The molecule has 0 aromatic heterocycles. The van der Waals surface area contributed by atoms with E-state index in [-0.39, 0.29) is 0 Å². The summed E-state index contributed by atoms with van der Waals surface area (Å²) in [6.07, 6.45) is -1.42. The van der Waals surface area contributed by atoms with Gasteiger partial charge < -0.3 is 25.7 Å². The molecule has 0 saturated carbocycles. The summed E-state index contributed by atoms with van der Waals surface area (Å²) in [5.74, 6) is 0. The Morgan fingerprint density at radius 3 is 1.06 bits per heavy atom. The number of hydrogen-bond donors (Lipinski definition) is 2. The molecule has 4 N–H and O–H groups in total. The molecule has 2 amide bonds. The maximum Gasteiger partial charge on any atom is 0.404 e. The first-order chi connectivity index (χ1) is 7.95. The molecule has 0 bridgehead atoms. The van der Waals surface area contributed by atoms with E-state index in [9.17, 15) is 9.59 Å². The lowest BCUT2D eigenvalue weighted by atomic mass is 10.8. The van der Waals surface area contributed by atoms with Crippen molar-refractivity contribution in [2.45, 2.75) is 27.7 Å². The quantitative estimate of drug-likeness (QED) is 0.781. The van der Waals surface area contributed by atoms with Crippen LogP contribution >= 0.6 is 0 Å². The van der Waals surface area contributed by atoms with Gasteiger partial charge in [-0.1, -0.05) is 0 Å². The average Bonchev–Trinajstić information content (AvgIpc) is 2.20. The second kappa shape index (κ2) is 20.0. The molecule has 0 aromatic carbocycles. The Labute approximate surface area is 102 Å². The van der Waals surface area contributed by atoms with E-state index in [0.29, 0.717) is 13.2 Å². The van der Waals surface area contributed by atoms with Crippen LogP contribution in [0.5, 0.6) is 0 Å². The van der Waals surface area contributed by atoms with Crippen LogP contribution in [-0.2, 0) is 14.2 Å². The van der Waals surface area contributed by atoms with E-state index in [1.54, 1.807) is 13.8 Å². The van der Waals surface area contributed by atoms with Gasteiger partial charge in [0.2, 0.25) is 0 Å². The Kier molecular flexibility index (Phi) is 24.5. The van der Waals surface area contributed by atoms with Gasteiger partial charge in [-0.3, -0.25) is 0 Å². The maximum absolute atomic E-state index is 9.60. The van der Waals surface area contributed by atoms with E-state index in [4.69, 9.17) is 4.74 Å². The van der Waals surface area contributed by atoms with Gasteiger partial charge in [0.15, 0.2) is 0 Å². The van der Waals surface area contributed by atoms with Crippen LogP contribution in [0.4, 0.5) is 9.59 Å². The van der Waals surface area contributed by atoms with Crippen molar-refractivity contribution in [1.82, 2.24) is 0 Å². The predicted molar refractivity (Wildman–Crippen MR) is 64.6 cm³/mol. The highest BCUT2D eigenvalue weighted by molar-refractivity contribution is 5.64. The lowest BCUT2D eigenvalue weighted by Crippen LogP contribution is -2.11. The number of ether oxygens (including phenoxy) is 3. The topological polar surface area (TPSA) is 114 Å². The van der Waals surface area contributed by atoms with E-state index >= 15 is 0 Å². The summed E-state index contributed by atoms with van der Waals surface area (Å²) in [5, 5.41) is 0. The molecule has 0 unspecified atom stereocenters. The molecule has 0 aliphatic rings. The summed E-state index contributed by atoms with van der Waals surface area (Å²) < 4.78 is 13.2. The predicted octanol–water partition coefficient (Wildman–Crippen LogP) is 1.25. The third-order valence-corrected chi connectivity index (χ3v) is 0.981. The van der Waals surface area contributed by atoms with Gasteiger partial charge in [0.1, 0.15) is 0 Å². The van der Waals surface area contributed by atoms with Gasteiger partial charge in [0.05, 0.1) is 13.2 Å². The van der Waals surface area contributed by atoms with Crippen LogP contribution in [0.3, 0.4) is 0 Å². The van der Waals surface area contributed by atoms with Crippen molar-refractivity contribution in [3.8, 4) is 0 Å². The molecule has 17 heavy (non-hydrogen) atoms. The van der Waals surface area contributed by atoms with Crippen LogP contribution in [-0.4, -0.2) is 38.6 Å². The molecule has 0 aliphatic carbocycles. The van der Waals surface area contributed by atoms with Crippen molar-refractivity contribution in [2.24, 2.45) is 11.5 Å². The van der Waals surface area contributed by atoms with Gasteiger partial charge in [-0.05, 0) is 27.7 Å². The van der Waals surface area contributed by atoms with Gasteiger partial charge in [-0.15, -0.1) is 0 Å². The minimum atomic E-state index is -0.711. The van der Waals surface area contributed by atoms with Crippen molar-refractivity contribution < 1.29 is 23.8 Å². The Balaban J connectivity index is -0.000000174. The molecule has 0 saturated heterocycles. The van der Waals surface area contributed by atoms with E-state index in [2.05, 4.69) is 20.9 Å². The largest absolute Gasteiger partial charge is 0.450 e. The number of hydrogen-bond acceptors (Lipinski definition) is 5. The summed E-state index contributed by atoms with van der Waals surface area (Å²) in [4.78, 5) is 19.2. The number of carbonyl (C=O) groups excluding carboxylic acids is 2. The summed E-state index contributed by atoms with van der Waals surface area (Å²) in [5.41, 5.74) is 9.08. The Morgan fingerprint density at radius 1 is 0.765 bits per heavy atom. The van der Waals surface area contributed by atoms with Gasteiger partial charge in [-0.2, -0.15) is 0 Å². The Bertz CT molecular complexity index is 158. The van der Waals surface area contributed by atoms with Crippen molar-refractivity contribution in [3.05, 3.63) is 0 Å². The number of amides is 2. The Morgan fingerprint density at radius 2 is 1.06 bits per heavy atom. The highest BCUT2D eigenvalue weighted by Gasteiger charge is 1.82. The highest BCUT2D eigenvalue weighted by Crippen LogP contribution is 1.66. The molecule has 7 heteroatoms. The standard InChI is InChI=1S/C4H10O.2C3H7NO2/c1-3-5-4-2;2*1-2-6-3(4)5/h3-4H2,1-2H3;2*2H2,1H3,(H2,4,5). The van der Waals surface area contributed by atoms with Crippen LogP contribution in [0.2, 0.25) is 0 Å². The molecule has 0 aliphatic heterocycles.